The van der Waals surface area contributed by atoms with Crippen molar-refractivity contribution in [3.63, 3.8) is 0 Å². The molecule has 0 aliphatic heterocycles. The predicted octanol–water partition coefficient (Wildman–Crippen LogP) is 2.90. The zero-order valence-electron chi connectivity index (χ0n) is 13.5. The number of aryl methyl sites for hydroxylation is 2. The number of anilines is 2. The third-order valence-corrected chi connectivity index (χ3v) is 4.10. The molecule has 0 spiro atoms. The summed E-state index contributed by atoms with van der Waals surface area (Å²) in [5, 5.41) is 0. The van der Waals surface area contributed by atoms with Gasteiger partial charge in [0.2, 0.25) is 0 Å². The molecule has 3 rings (SSSR count). The number of imidazole rings is 1. The summed E-state index contributed by atoms with van der Waals surface area (Å²) in [7, 11) is 3.75. The van der Waals surface area contributed by atoms with Crippen molar-refractivity contribution in [1.29, 1.82) is 0 Å². The fraction of sp³-hybridized carbons (Fsp3) is 0.294. The summed E-state index contributed by atoms with van der Waals surface area (Å²) < 4.78 is 16.5. The lowest BCUT2D eigenvalue weighted by molar-refractivity contribution is 0.622. The van der Waals surface area contributed by atoms with Crippen molar-refractivity contribution in [1.82, 2.24) is 14.5 Å². The number of rotatable bonds is 4. The standard InChI is InChI=1S/C17H20FN5/c1-4-12-5-11(8-19)6-13(18)17(12)23(3)16-7-15-14(9-20-16)21-10-22(15)2/h5-7,9-10H,4,8,19H2,1-3H3. The van der Waals surface area contributed by atoms with E-state index in [2.05, 4.69) is 9.97 Å². The van der Waals surface area contributed by atoms with Crippen molar-refractivity contribution in [2.45, 2.75) is 19.9 Å². The first-order valence-electron chi connectivity index (χ1n) is 7.57. The minimum Gasteiger partial charge on any atom is -0.334 e. The number of benzene rings is 1. The summed E-state index contributed by atoms with van der Waals surface area (Å²) in [5.74, 6) is 0.398. The SMILES string of the molecule is CCc1cc(CN)cc(F)c1N(C)c1cc2c(cn1)ncn2C. The molecular weight excluding hydrogens is 293 g/mol. The van der Waals surface area contributed by atoms with Gasteiger partial charge in [-0.1, -0.05) is 13.0 Å². The molecule has 1 aromatic carbocycles. The van der Waals surface area contributed by atoms with Gasteiger partial charge in [-0.15, -0.1) is 0 Å². The van der Waals surface area contributed by atoms with Gasteiger partial charge < -0.3 is 15.2 Å². The first-order chi connectivity index (χ1) is 11.0. The highest BCUT2D eigenvalue weighted by atomic mass is 19.1. The van der Waals surface area contributed by atoms with E-state index in [0.29, 0.717) is 18.1 Å². The van der Waals surface area contributed by atoms with Crippen LogP contribution in [0.15, 0.2) is 30.7 Å². The van der Waals surface area contributed by atoms with Crippen molar-refractivity contribution in [2.24, 2.45) is 12.8 Å². The Labute approximate surface area is 134 Å². The van der Waals surface area contributed by atoms with Gasteiger partial charge in [0.05, 0.1) is 23.7 Å². The molecule has 6 heteroatoms. The number of hydrogen-bond acceptors (Lipinski definition) is 4. The summed E-state index contributed by atoms with van der Waals surface area (Å²) in [6, 6.07) is 5.36. The Morgan fingerprint density at radius 3 is 2.74 bits per heavy atom. The molecule has 0 fully saturated rings. The molecule has 3 aromatic rings. The van der Waals surface area contributed by atoms with Gasteiger partial charge in [-0.3, -0.25) is 0 Å². The van der Waals surface area contributed by atoms with E-state index in [9.17, 15) is 4.39 Å². The normalized spacial score (nSPS) is 11.2. The summed E-state index contributed by atoms with van der Waals surface area (Å²) in [4.78, 5) is 10.5. The summed E-state index contributed by atoms with van der Waals surface area (Å²) >= 11 is 0. The molecule has 0 radical (unpaired) electrons. The highest BCUT2D eigenvalue weighted by molar-refractivity contribution is 5.79. The van der Waals surface area contributed by atoms with Gasteiger partial charge in [0.15, 0.2) is 0 Å². The first-order valence-corrected chi connectivity index (χ1v) is 7.57. The number of nitrogens with zero attached hydrogens (tertiary/aromatic N) is 4. The van der Waals surface area contributed by atoms with Gasteiger partial charge in [-0.2, -0.15) is 0 Å². The lowest BCUT2D eigenvalue weighted by Crippen LogP contribution is -2.16. The van der Waals surface area contributed by atoms with Gasteiger partial charge in [0.25, 0.3) is 0 Å². The molecule has 5 nitrogen and oxygen atoms in total. The van der Waals surface area contributed by atoms with E-state index >= 15 is 0 Å². The molecule has 23 heavy (non-hydrogen) atoms. The zero-order chi connectivity index (χ0) is 16.6. The van der Waals surface area contributed by atoms with Gasteiger partial charge in [-0.25, -0.2) is 14.4 Å². The van der Waals surface area contributed by atoms with E-state index in [1.165, 1.54) is 6.07 Å². The molecule has 120 valence electrons. The number of hydrogen-bond donors (Lipinski definition) is 1. The summed E-state index contributed by atoms with van der Waals surface area (Å²) in [6.07, 6.45) is 4.17. The average molecular weight is 313 g/mol. The lowest BCUT2D eigenvalue weighted by atomic mass is 10.0. The van der Waals surface area contributed by atoms with Crippen LogP contribution < -0.4 is 10.6 Å². The van der Waals surface area contributed by atoms with E-state index in [-0.39, 0.29) is 5.82 Å². The molecule has 0 amide bonds. The molecule has 2 heterocycles. The van der Waals surface area contributed by atoms with Crippen LogP contribution in [0.1, 0.15) is 18.1 Å². The zero-order valence-corrected chi connectivity index (χ0v) is 13.5. The van der Waals surface area contributed by atoms with Crippen molar-refractivity contribution in [3.05, 3.63) is 47.7 Å². The second-order valence-corrected chi connectivity index (χ2v) is 5.59. The van der Waals surface area contributed by atoms with Crippen LogP contribution in [0.2, 0.25) is 0 Å². The highest BCUT2D eigenvalue weighted by Crippen LogP contribution is 2.31. The second-order valence-electron chi connectivity index (χ2n) is 5.59. The Morgan fingerprint density at radius 1 is 1.26 bits per heavy atom. The molecule has 0 bridgehead atoms. The predicted molar refractivity (Wildman–Crippen MR) is 90.2 cm³/mol. The van der Waals surface area contributed by atoms with E-state index in [0.717, 1.165) is 28.6 Å². The number of fused-ring (bicyclic) bond motifs is 1. The molecule has 2 N–H and O–H groups in total. The fourth-order valence-corrected chi connectivity index (χ4v) is 2.80. The summed E-state index contributed by atoms with van der Waals surface area (Å²) in [6.45, 7) is 2.33. The highest BCUT2D eigenvalue weighted by Gasteiger charge is 2.17. The van der Waals surface area contributed by atoms with Gasteiger partial charge in [0, 0.05) is 26.7 Å². The van der Waals surface area contributed by atoms with E-state index < -0.39 is 0 Å². The maximum absolute atomic E-state index is 14.6. The van der Waals surface area contributed by atoms with Crippen LogP contribution in [-0.2, 0) is 20.0 Å². The number of halogens is 1. The van der Waals surface area contributed by atoms with Crippen LogP contribution in [0.4, 0.5) is 15.9 Å². The molecule has 0 aliphatic carbocycles. The molecule has 0 aliphatic rings. The Balaban J connectivity index is 2.11. The number of pyridine rings is 1. The molecule has 0 unspecified atom stereocenters. The molecule has 2 aromatic heterocycles. The van der Waals surface area contributed by atoms with Crippen molar-refractivity contribution in [2.75, 3.05) is 11.9 Å². The van der Waals surface area contributed by atoms with Gasteiger partial charge in [-0.05, 0) is 23.6 Å². The minimum absolute atomic E-state index is 0.279. The van der Waals surface area contributed by atoms with Crippen molar-refractivity contribution < 1.29 is 4.39 Å². The first kappa shape index (κ1) is 15.4. The van der Waals surface area contributed by atoms with E-state index in [1.807, 2.05) is 37.7 Å². The van der Waals surface area contributed by atoms with Gasteiger partial charge >= 0.3 is 0 Å². The Bertz CT molecular complexity index is 856. The summed E-state index contributed by atoms with van der Waals surface area (Å²) in [5.41, 5.74) is 9.68. The largest absolute Gasteiger partial charge is 0.334 e. The monoisotopic (exact) mass is 313 g/mol. The lowest BCUT2D eigenvalue weighted by Gasteiger charge is -2.23. The molecule has 0 atom stereocenters. The average Bonchev–Trinajstić information content (AvgIpc) is 2.94. The minimum atomic E-state index is -0.279. The fourth-order valence-electron chi connectivity index (χ4n) is 2.80. The van der Waals surface area contributed by atoms with Crippen LogP contribution in [0.5, 0.6) is 0 Å². The van der Waals surface area contributed by atoms with Crippen LogP contribution in [0.25, 0.3) is 11.0 Å². The van der Waals surface area contributed by atoms with Crippen LogP contribution in [0.3, 0.4) is 0 Å². The third-order valence-electron chi connectivity index (χ3n) is 4.10. The number of aromatic nitrogens is 3. The Morgan fingerprint density at radius 2 is 2.04 bits per heavy atom. The van der Waals surface area contributed by atoms with E-state index in [4.69, 9.17) is 5.73 Å². The smallest absolute Gasteiger partial charge is 0.147 e. The van der Waals surface area contributed by atoms with Crippen molar-refractivity contribution in [3.8, 4) is 0 Å². The molecule has 0 saturated carbocycles. The second kappa shape index (κ2) is 5.96. The van der Waals surface area contributed by atoms with Crippen LogP contribution in [-0.4, -0.2) is 21.6 Å². The third kappa shape index (κ3) is 2.66. The van der Waals surface area contributed by atoms with Crippen molar-refractivity contribution >= 4 is 22.5 Å². The maximum atomic E-state index is 14.6. The Hall–Kier alpha value is -2.47. The van der Waals surface area contributed by atoms with Crippen LogP contribution >= 0.6 is 0 Å². The Kier molecular flexibility index (Phi) is 4.00. The molecule has 0 saturated heterocycles. The topological polar surface area (TPSA) is 60.0 Å². The maximum Gasteiger partial charge on any atom is 0.147 e. The van der Waals surface area contributed by atoms with Gasteiger partial charge in [0.1, 0.15) is 17.2 Å². The molecular formula is C17H20FN5. The quantitative estimate of drug-likeness (QED) is 0.804. The number of nitrogens with two attached hydrogens (primary N) is 1. The van der Waals surface area contributed by atoms with Crippen LogP contribution in [0, 0.1) is 5.82 Å². The van der Waals surface area contributed by atoms with E-state index in [1.54, 1.807) is 17.4 Å².